The van der Waals surface area contributed by atoms with E-state index < -0.39 is 0 Å². The first-order valence-corrected chi connectivity index (χ1v) is 6.34. The van der Waals surface area contributed by atoms with Crippen molar-refractivity contribution >= 4 is 5.78 Å². The van der Waals surface area contributed by atoms with Crippen LogP contribution in [0.4, 0.5) is 0 Å². The molecule has 2 rings (SSSR count). The van der Waals surface area contributed by atoms with Crippen molar-refractivity contribution in [3.8, 4) is 0 Å². The second kappa shape index (κ2) is 5.45. The Kier molecular flexibility index (Phi) is 3.95. The van der Waals surface area contributed by atoms with Gasteiger partial charge in [0.05, 0.1) is 6.04 Å². The van der Waals surface area contributed by atoms with Crippen LogP contribution >= 0.6 is 0 Å². The highest BCUT2D eigenvalue weighted by atomic mass is 16.1. The highest BCUT2D eigenvalue weighted by Gasteiger charge is 2.24. The van der Waals surface area contributed by atoms with Crippen LogP contribution in [-0.4, -0.2) is 18.4 Å². The van der Waals surface area contributed by atoms with E-state index in [0.717, 1.165) is 37.8 Å². The second-order valence-electron chi connectivity index (χ2n) is 4.70. The molecular weight excluding hydrogens is 186 g/mol. The third kappa shape index (κ3) is 2.91. The Hall–Kier alpha value is -0.630. The molecule has 0 aromatic rings. The summed E-state index contributed by atoms with van der Waals surface area (Å²) in [5.41, 5.74) is 1.11. The van der Waals surface area contributed by atoms with E-state index in [0.29, 0.717) is 5.78 Å². The molecule has 1 fully saturated rings. The van der Waals surface area contributed by atoms with E-state index in [1.807, 2.05) is 0 Å². The highest BCUT2D eigenvalue weighted by Crippen LogP contribution is 2.20. The molecule has 1 unspecified atom stereocenters. The average Bonchev–Trinajstić information content (AvgIpc) is 2.68. The van der Waals surface area contributed by atoms with Crippen LogP contribution in [-0.2, 0) is 4.79 Å². The SMILES string of the molecule is O=C(/C1=C/CCCCCC1)C1CCCN1. The third-order valence-corrected chi connectivity index (χ3v) is 3.48. The normalized spacial score (nSPS) is 31.5. The number of hydrogen-bond acceptors (Lipinski definition) is 2. The van der Waals surface area contributed by atoms with Crippen molar-refractivity contribution in [2.24, 2.45) is 0 Å². The molecule has 0 aromatic carbocycles. The first-order chi connectivity index (χ1) is 7.38. The van der Waals surface area contributed by atoms with Gasteiger partial charge in [-0.3, -0.25) is 4.79 Å². The van der Waals surface area contributed by atoms with Crippen molar-refractivity contribution in [1.82, 2.24) is 5.32 Å². The fourth-order valence-corrected chi connectivity index (χ4v) is 2.55. The van der Waals surface area contributed by atoms with E-state index >= 15 is 0 Å². The van der Waals surface area contributed by atoms with Crippen LogP contribution in [0.2, 0.25) is 0 Å². The van der Waals surface area contributed by atoms with Gasteiger partial charge in [-0.1, -0.05) is 18.9 Å². The Balaban J connectivity index is 1.96. The van der Waals surface area contributed by atoms with Crippen molar-refractivity contribution in [2.45, 2.75) is 57.4 Å². The molecule has 0 spiro atoms. The quantitative estimate of drug-likeness (QED) is 0.754. The van der Waals surface area contributed by atoms with Crippen LogP contribution in [0.3, 0.4) is 0 Å². The Morgan fingerprint density at radius 1 is 1.20 bits per heavy atom. The molecule has 0 amide bonds. The van der Waals surface area contributed by atoms with Gasteiger partial charge in [-0.25, -0.2) is 0 Å². The molecule has 2 aliphatic rings. The maximum atomic E-state index is 12.1. The molecule has 1 aliphatic carbocycles. The summed E-state index contributed by atoms with van der Waals surface area (Å²) in [5, 5.41) is 3.30. The van der Waals surface area contributed by atoms with Crippen molar-refractivity contribution in [1.29, 1.82) is 0 Å². The molecule has 15 heavy (non-hydrogen) atoms. The van der Waals surface area contributed by atoms with Gasteiger partial charge < -0.3 is 5.32 Å². The van der Waals surface area contributed by atoms with Gasteiger partial charge in [-0.2, -0.15) is 0 Å². The van der Waals surface area contributed by atoms with E-state index in [9.17, 15) is 4.79 Å². The average molecular weight is 207 g/mol. The van der Waals surface area contributed by atoms with Gasteiger partial charge in [0.1, 0.15) is 0 Å². The standard InChI is InChI=1S/C13H21NO/c15-13(12-9-6-10-14-12)11-7-4-2-1-3-5-8-11/h7,12,14H,1-6,8-10H2/b11-7+. The number of Topliss-reactive ketones (excluding diaryl/α,β-unsaturated/α-hetero) is 1. The van der Waals surface area contributed by atoms with Crippen LogP contribution in [0, 0.1) is 0 Å². The lowest BCUT2D eigenvalue weighted by molar-refractivity contribution is -0.117. The van der Waals surface area contributed by atoms with Gasteiger partial charge >= 0.3 is 0 Å². The molecule has 1 aliphatic heterocycles. The van der Waals surface area contributed by atoms with Crippen molar-refractivity contribution in [2.75, 3.05) is 6.54 Å². The highest BCUT2D eigenvalue weighted by molar-refractivity contribution is 5.99. The fraction of sp³-hybridized carbons (Fsp3) is 0.769. The Bertz CT molecular complexity index is 251. The van der Waals surface area contributed by atoms with Crippen LogP contribution in [0.25, 0.3) is 0 Å². The Labute approximate surface area is 92.1 Å². The van der Waals surface area contributed by atoms with Gasteiger partial charge in [0.15, 0.2) is 5.78 Å². The maximum absolute atomic E-state index is 12.1. The molecule has 2 nitrogen and oxygen atoms in total. The minimum absolute atomic E-state index is 0.135. The summed E-state index contributed by atoms with van der Waals surface area (Å²) >= 11 is 0. The number of hydrogen-bond donors (Lipinski definition) is 1. The lowest BCUT2D eigenvalue weighted by Gasteiger charge is -2.14. The van der Waals surface area contributed by atoms with Crippen molar-refractivity contribution < 1.29 is 4.79 Å². The lowest BCUT2D eigenvalue weighted by Crippen LogP contribution is -2.32. The predicted molar refractivity (Wildman–Crippen MR) is 61.8 cm³/mol. The number of carbonyl (C=O) groups excluding carboxylic acids is 1. The van der Waals surface area contributed by atoms with Crippen LogP contribution in [0.5, 0.6) is 0 Å². The topological polar surface area (TPSA) is 29.1 Å². The third-order valence-electron chi connectivity index (χ3n) is 3.48. The van der Waals surface area contributed by atoms with Gasteiger partial charge in [0.2, 0.25) is 0 Å². The number of carbonyl (C=O) groups is 1. The summed E-state index contributed by atoms with van der Waals surface area (Å²) in [5.74, 6) is 0.384. The first-order valence-electron chi connectivity index (χ1n) is 6.34. The zero-order valence-electron chi connectivity index (χ0n) is 9.43. The van der Waals surface area contributed by atoms with E-state index in [4.69, 9.17) is 0 Å². The molecule has 2 heteroatoms. The van der Waals surface area contributed by atoms with E-state index in [2.05, 4.69) is 11.4 Å². The molecule has 0 aromatic heterocycles. The predicted octanol–water partition coefficient (Wildman–Crippen LogP) is 2.59. The molecule has 1 N–H and O–H groups in total. The summed E-state index contributed by atoms with van der Waals surface area (Å²) in [7, 11) is 0. The van der Waals surface area contributed by atoms with Gasteiger partial charge in [-0.05, 0) is 50.6 Å². The number of nitrogens with one attached hydrogen (secondary N) is 1. The Morgan fingerprint density at radius 2 is 2.07 bits per heavy atom. The molecule has 1 atom stereocenters. The minimum Gasteiger partial charge on any atom is -0.307 e. The molecule has 84 valence electrons. The first kappa shape index (κ1) is 10.9. The van der Waals surface area contributed by atoms with Crippen LogP contribution in [0.1, 0.15) is 51.4 Å². The molecule has 1 saturated heterocycles. The largest absolute Gasteiger partial charge is 0.307 e. The zero-order valence-corrected chi connectivity index (χ0v) is 9.43. The van der Waals surface area contributed by atoms with Crippen LogP contribution in [0.15, 0.2) is 11.6 Å². The number of allylic oxidation sites excluding steroid dienone is 1. The van der Waals surface area contributed by atoms with Crippen molar-refractivity contribution in [3.05, 3.63) is 11.6 Å². The number of rotatable bonds is 2. The summed E-state index contributed by atoms with van der Waals surface area (Å²) in [6, 6.07) is 0.135. The zero-order chi connectivity index (χ0) is 10.5. The summed E-state index contributed by atoms with van der Waals surface area (Å²) in [6.45, 7) is 1.02. The molecule has 0 saturated carbocycles. The van der Waals surface area contributed by atoms with Gasteiger partial charge in [0.25, 0.3) is 0 Å². The molecular formula is C13H21NO. The van der Waals surface area contributed by atoms with E-state index in [1.54, 1.807) is 0 Å². The maximum Gasteiger partial charge on any atom is 0.175 e. The lowest BCUT2D eigenvalue weighted by atomic mass is 9.94. The molecule has 1 heterocycles. The van der Waals surface area contributed by atoms with E-state index in [1.165, 1.54) is 25.7 Å². The van der Waals surface area contributed by atoms with Crippen LogP contribution < -0.4 is 5.32 Å². The summed E-state index contributed by atoms with van der Waals surface area (Å²) in [4.78, 5) is 12.1. The van der Waals surface area contributed by atoms with Gasteiger partial charge in [-0.15, -0.1) is 0 Å². The second-order valence-corrected chi connectivity index (χ2v) is 4.70. The van der Waals surface area contributed by atoms with Gasteiger partial charge in [0, 0.05) is 0 Å². The fourth-order valence-electron chi connectivity index (χ4n) is 2.55. The monoisotopic (exact) mass is 207 g/mol. The number of ketones is 1. The molecule has 0 radical (unpaired) electrons. The summed E-state index contributed by atoms with van der Waals surface area (Å²) < 4.78 is 0. The molecule has 0 bridgehead atoms. The smallest absolute Gasteiger partial charge is 0.175 e. The minimum atomic E-state index is 0.135. The van der Waals surface area contributed by atoms with Crippen molar-refractivity contribution in [3.63, 3.8) is 0 Å². The Morgan fingerprint density at radius 3 is 2.87 bits per heavy atom. The summed E-state index contributed by atoms with van der Waals surface area (Å²) in [6.07, 6.45) is 11.6. The van der Waals surface area contributed by atoms with E-state index in [-0.39, 0.29) is 6.04 Å².